The van der Waals surface area contributed by atoms with Crippen molar-refractivity contribution in [3.63, 3.8) is 0 Å². The van der Waals surface area contributed by atoms with Gasteiger partial charge in [0.2, 0.25) is 5.82 Å². The number of halogens is 1. The molecule has 0 atom stereocenters. The minimum absolute atomic E-state index is 0.0276. The largest absolute Gasteiger partial charge is 0.478 e. The zero-order valence-electron chi connectivity index (χ0n) is 16.3. The van der Waals surface area contributed by atoms with Crippen LogP contribution in [0.3, 0.4) is 0 Å². The van der Waals surface area contributed by atoms with E-state index in [1.165, 1.54) is 23.1 Å². The van der Waals surface area contributed by atoms with Gasteiger partial charge in [-0.3, -0.25) is 4.79 Å². The first kappa shape index (κ1) is 20.9. The predicted molar refractivity (Wildman–Crippen MR) is 115 cm³/mol. The summed E-state index contributed by atoms with van der Waals surface area (Å²) < 4.78 is 5.62. The van der Waals surface area contributed by atoms with E-state index in [-0.39, 0.29) is 17.1 Å². The molecule has 0 aliphatic heterocycles. The number of aromatic nitrogens is 4. The van der Waals surface area contributed by atoms with Crippen LogP contribution in [0.15, 0.2) is 70.2 Å². The summed E-state index contributed by atoms with van der Waals surface area (Å²) >= 11 is 5.89. The summed E-state index contributed by atoms with van der Waals surface area (Å²) in [6.45, 7) is -0.163. The fraction of sp³-hybridized carbons (Fsp3) is 0.0476. The summed E-state index contributed by atoms with van der Waals surface area (Å²) in [6, 6.07) is 17.1. The summed E-state index contributed by atoms with van der Waals surface area (Å²) in [5.74, 6) is -0.382. The molecule has 0 aliphatic rings. The number of rotatable bonds is 7. The van der Waals surface area contributed by atoms with Crippen molar-refractivity contribution in [3.8, 4) is 22.7 Å². The molecule has 0 fully saturated rings. The number of carboxylic acid groups (broad SMARTS) is 1. The Bertz CT molecular complexity index is 1300. The average Bonchev–Trinajstić information content (AvgIpc) is 3.44. The second kappa shape index (κ2) is 9.23. The molecular formula is C21H15ClN6O4. The number of hydrogen-bond acceptors (Lipinski definition) is 7. The highest BCUT2D eigenvalue weighted by atomic mass is 35.5. The highest BCUT2D eigenvalue weighted by Crippen LogP contribution is 2.26. The molecule has 160 valence electrons. The number of carbonyl (C=O) groups is 2. The van der Waals surface area contributed by atoms with Gasteiger partial charge in [0.1, 0.15) is 18.1 Å². The number of nitrogens with zero attached hydrogens (tertiary/aromatic N) is 5. The molecule has 0 spiro atoms. The van der Waals surface area contributed by atoms with Gasteiger partial charge in [0.05, 0.1) is 16.8 Å². The number of tetrazole rings is 1. The predicted octanol–water partition coefficient (Wildman–Crippen LogP) is 3.10. The molecule has 0 saturated heterocycles. The van der Waals surface area contributed by atoms with E-state index in [1.807, 2.05) is 30.3 Å². The molecule has 2 aromatic carbocycles. The number of furan rings is 1. The van der Waals surface area contributed by atoms with Crippen LogP contribution >= 0.6 is 11.6 Å². The Morgan fingerprint density at radius 2 is 1.94 bits per heavy atom. The number of amides is 1. The Hall–Kier alpha value is -4.31. The number of carbonyl (C=O) groups excluding carboxylic acids is 1. The maximum Gasteiger partial charge on any atom is 0.337 e. The fourth-order valence-electron chi connectivity index (χ4n) is 2.76. The molecule has 11 heteroatoms. The van der Waals surface area contributed by atoms with Crippen molar-refractivity contribution < 1.29 is 19.1 Å². The highest BCUT2D eigenvalue weighted by molar-refractivity contribution is 6.33. The molecule has 4 rings (SSSR count). The zero-order valence-corrected chi connectivity index (χ0v) is 17.1. The van der Waals surface area contributed by atoms with Crippen molar-refractivity contribution >= 4 is 29.7 Å². The normalized spacial score (nSPS) is 11.0. The molecule has 32 heavy (non-hydrogen) atoms. The van der Waals surface area contributed by atoms with Crippen molar-refractivity contribution in [1.29, 1.82) is 0 Å². The topological polar surface area (TPSA) is 136 Å². The number of nitrogens with one attached hydrogen (secondary N) is 1. The first-order chi connectivity index (χ1) is 15.5. The van der Waals surface area contributed by atoms with E-state index >= 15 is 0 Å². The van der Waals surface area contributed by atoms with E-state index in [1.54, 1.807) is 18.2 Å². The van der Waals surface area contributed by atoms with Crippen LogP contribution in [0.1, 0.15) is 16.1 Å². The molecule has 0 saturated carbocycles. The Morgan fingerprint density at radius 1 is 1.12 bits per heavy atom. The lowest BCUT2D eigenvalue weighted by molar-refractivity contribution is -0.122. The maximum atomic E-state index is 12.1. The van der Waals surface area contributed by atoms with E-state index in [9.17, 15) is 14.7 Å². The molecule has 1 amide bonds. The summed E-state index contributed by atoms with van der Waals surface area (Å²) in [7, 11) is 0. The van der Waals surface area contributed by atoms with Gasteiger partial charge in [0.25, 0.3) is 5.91 Å². The molecular weight excluding hydrogens is 436 g/mol. The first-order valence-corrected chi connectivity index (χ1v) is 9.65. The fourth-order valence-corrected chi connectivity index (χ4v) is 2.96. The molecule has 0 aliphatic carbocycles. The van der Waals surface area contributed by atoms with Gasteiger partial charge < -0.3 is 9.52 Å². The average molecular weight is 451 g/mol. The molecule has 10 nitrogen and oxygen atoms in total. The number of carboxylic acids is 1. The van der Waals surface area contributed by atoms with Crippen molar-refractivity contribution in [2.75, 3.05) is 0 Å². The van der Waals surface area contributed by atoms with E-state index < -0.39 is 11.9 Å². The quantitative estimate of drug-likeness (QED) is 0.326. The number of hydrogen-bond donors (Lipinski definition) is 2. The van der Waals surface area contributed by atoms with Gasteiger partial charge in [-0.15, -0.1) is 10.2 Å². The second-order valence-corrected chi connectivity index (χ2v) is 6.91. The highest BCUT2D eigenvalue weighted by Gasteiger charge is 2.12. The molecule has 0 bridgehead atoms. The van der Waals surface area contributed by atoms with E-state index in [0.29, 0.717) is 22.9 Å². The lowest BCUT2D eigenvalue weighted by Crippen LogP contribution is -2.24. The van der Waals surface area contributed by atoms with E-state index in [2.05, 4.69) is 25.9 Å². The molecule has 4 aromatic rings. The molecule has 2 heterocycles. The Labute approximate surface area is 186 Å². The van der Waals surface area contributed by atoms with Crippen molar-refractivity contribution in [3.05, 3.63) is 77.0 Å². The lowest BCUT2D eigenvalue weighted by Gasteiger charge is -2.02. The van der Waals surface area contributed by atoms with Crippen LogP contribution in [0.2, 0.25) is 5.02 Å². The summed E-state index contributed by atoms with van der Waals surface area (Å²) in [5.41, 5.74) is 3.67. The SMILES string of the molecule is O=C(Cn1nnc(-c2ccccc2)n1)N/N=C\c1ccc(-c2ccc(Cl)c(C(=O)O)c2)o1. The van der Waals surface area contributed by atoms with Crippen LogP contribution in [0, 0.1) is 0 Å². The standard InChI is InChI=1S/C21H15ClN6O4/c22-17-8-6-14(10-16(17)21(30)31)18-9-7-15(32-18)11-23-24-19(29)12-28-26-20(25-27-28)13-4-2-1-3-5-13/h1-11H,12H2,(H,24,29)(H,30,31)/b23-11-. The Kier molecular flexibility index (Phi) is 6.04. The van der Waals surface area contributed by atoms with Crippen molar-refractivity contribution in [2.24, 2.45) is 5.10 Å². The van der Waals surface area contributed by atoms with Crippen LogP contribution in [0.25, 0.3) is 22.7 Å². The van der Waals surface area contributed by atoms with Gasteiger partial charge >= 0.3 is 5.97 Å². The number of hydrazone groups is 1. The summed E-state index contributed by atoms with van der Waals surface area (Å²) in [4.78, 5) is 24.5. The smallest absolute Gasteiger partial charge is 0.337 e. The van der Waals surface area contributed by atoms with Gasteiger partial charge in [-0.05, 0) is 35.5 Å². The minimum Gasteiger partial charge on any atom is -0.478 e. The van der Waals surface area contributed by atoms with Crippen LogP contribution in [0.5, 0.6) is 0 Å². The molecule has 2 aromatic heterocycles. The van der Waals surface area contributed by atoms with Crippen molar-refractivity contribution in [2.45, 2.75) is 6.54 Å². The molecule has 2 N–H and O–H groups in total. The Morgan fingerprint density at radius 3 is 2.72 bits per heavy atom. The van der Waals surface area contributed by atoms with Crippen LogP contribution in [0.4, 0.5) is 0 Å². The minimum atomic E-state index is -1.13. The third kappa shape index (κ3) is 4.87. The van der Waals surface area contributed by atoms with Gasteiger partial charge in [-0.25, -0.2) is 10.2 Å². The summed E-state index contributed by atoms with van der Waals surface area (Å²) in [6.07, 6.45) is 1.32. The van der Waals surface area contributed by atoms with E-state index in [0.717, 1.165) is 5.56 Å². The Balaban J connectivity index is 1.35. The zero-order chi connectivity index (χ0) is 22.5. The van der Waals surface area contributed by atoms with E-state index in [4.69, 9.17) is 16.0 Å². The van der Waals surface area contributed by atoms with Gasteiger partial charge in [0, 0.05) is 11.1 Å². The third-order valence-corrected chi connectivity index (χ3v) is 4.59. The summed E-state index contributed by atoms with van der Waals surface area (Å²) in [5, 5.41) is 25.1. The van der Waals surface area contributed by atoms with Gasteiger partial charge in [0.15, 0.2) is 0 Å². The molecule has 0 radical (unpaired) electrons. The lowest BCUT2D eigenvalue weighted by atomic mass is 10.1. The first-order valence-electron chi connectivity index (χ1n) is 9.28. The van der Waals surface area contributed by atoms with Crippen molar-refractivity contribution in [1.82, 2.24) is 25.6 Å². The number of aromatic carboxylic acids is 1. The van der Waals surface area contributed by atoms with Crippen LogP contribution in [-0.2, 0) is 11.3 Å². The van der Waals surface area contributed by atoms with Crippen LogP contribution < -0.4 is 5.43 Å². The monoisotopic (exact) mass is 450 g/mol. The van der Waals surface area contributed by atoms with Gasteiger partial charge in [-0.2, -0.15) is 9.90 Å². The second-order valence-electron chi connectivity index (χ2n) is 6.50. The van der Waals surface area contributed by atoms with Crippen LogP contribution in [-0.4, -0.2) is 43.4 Å². The molecule has 0 unspecified atom stereocenters. The third-order valence-electron chi connectivity index (χ3n) is 4.26. The maximum absolute atomic E-state index is 12.1. The number of benzene rings is 2. The van der Waals surface area contributed by atoms with Gasteiger partial charge in [-0.1, -0.05) is 41.9 Å².